The van der Waals surface area contributed by atoms with Crippen molar-refractivity contribution in [1.29, 1.82) is 0 Å². The van der Waals surface area contributed by atoms with Gasteiger partial charge in [-0.3, -0.25) is 9.59 Å². The maximum absolute atomic E-state index is 11.3. The van der Waals surface area contributed by atoms with Crippen molar-refractivity contribution < 1.29 is 19.1 Å². The second-order valence-corrected chi connectivity index (χ2v) is 3.78. The van der Waals surface area contributed by atoms with Crippen LogP contribution in [0.25, 0.3) is 0 Å². The number of carbonyl (C=O) groups excluding carboxylic acids is 2. The molecule has 4 heteroatoms. The molecule has 0 saturated heterocycles. The van der Waals surface area contributed by atoms with Gasteiger partial charge >= 0.3 is 11.9 Å². The molecule has 0 saturated carbocycles. The Kier molecular flexibility index (Phi) is 5.91. The van der Waals surface area contributed by atoms with Crippen LogP contribution in [-0.4, -0.2) is 25.2 Å². The highest BCUT2D eigenvalue weighted by Crippen LogP contribution is 2.08. The lowest BCUT2D eigenvalue weighted by atomic mass is 10.1. The first-order valence-corrected chi connectivity index (χ1v) is 6.04. The summed E-state index contributed by atoms with van der Waals surface area (Å²) in [7, 11) is 0. The summed E-state index contributed by atoms with van der Waals surface area (Å²) >= 11 is 0. The van der Waals surface area contributed by atoms with E-state index in [0.717, 1.165) is 11.1 Å². The van der Waals surface area contributed by atoms with Gasteiger partial charge in [-0.05, 0) is 25.0 Å². The molecular formula is C14H18O4. The van der Waals surface area contributed by atoms with Crippen LogP contribution < -0.4 is 0 Å². The Bertz CT molecular complexity index is 377. The van der Waals surface area contributed by atoms with Crippen molar-refractivity contribution in [3.05, 3.63) is 35.4 Å². The van der Waals surface area contributed by atoms with E-state index in [0.29, 0.717) is 13.2 Å². The Hall–Kier alpha value is -1.84. The van der Waals surface area contributed by atoms with Crippen molar-refractivity contribution in [2.75, 3.05) is 13.2 Å². The highest BCUT2D eigenvalue weighted by Gasteiger charge is 2.07. The van der Waals surface area contributed by atoms with E-state index in [-0.39, 0.29) is 24.8 Å². The molecule has 1 aromatic carbocycles. The number of benzene rings is 1. The molecule has 0 amide bonds. The first-order chi connectivity index (χ1) is 8.65. The molecule has 0 atom stereocenters. The monoisotopic (exact) mass is 250 g/mol. The summed E-state index contributed by atoms with van der Waals surface area (Å²) in [5.74, 6) is -0.517. The predicted octanol–water partition coefficient (Wildman–Crippen LogP) is 1.90. The van der Waals surface area contributed by atoms with Crippen LogP contribution in [0.5, 0.6) is 0 Å². The zero-order valence-corrected chi connectivity index (χ0v) is 10.8. The Labute approximate surface area is 107 Å². The fourth-order valence-electron chi connectivity index (χ4n) is 1.61. The smallest absolute Gasteiger partial charge is 0.310 e. The molecule has 98 valence electrons. The Morgan fingerprint density at radius 2 is 1.39 bits per heavy atom. The van der Waals surface area contributed by atoms with Gasteiger partial charge in [-0.25, -0.2) is 0 Å². The summed E-state index contributed by atoms with van der Waals surface area (Å²) in [6.45, 7) is 4.30. The Morgan fingerprint density at radius 1 is 0.944 bits per heavy atom. The molecule has 0 aliphatic carbocycles. The summed E-state index contributed by atoms with van der Waals surface area (Å²) in [4.78, 5) is 22.7. The maximum Gasteiger partial charge on any atom is 0.310 e. The molecule has 0 bridgehead atoms. The molecule has 0 heterocycles. The lowest BCUT2D eigenvalue weighted by molar-refractivity contribution is -0.143. The van der Waals surface area contributed by atoms with E-state index in [4.69, 9.17) is 9.47 Å². The third kappa shape index (κ3) is 4.99. The van der Waals surface area contributed by atoms with Gasteiger partial charge in [0.05, 0.1) is 26.1 Å². The normalized spacial score (nSPS) is 9.89. The van der Waals surface area contributed by atoms with Gasteiger partial charge < -0.3 is 9.47 Å². The van der Waals surface area contributed by atoms with Gasteiger partial charge in [-0.1, -0.05) is 24.3 Å². The van der Waals surface area contributed by atoms with E-state index in [9.17, 15) is 9.59 Å². The lowest BCUT2D eigenvalue weighted by Crippen LogP contribution is -2.09. The molecule has 0 aromatic heterocycles. The largest absolute Gasteiger partial charge is 0.466 e. The number of hydrogen-bond donors (Lipinski definition) is 0. The average molecular weight is 250 g/mol. The van der Waals surface area contributed by atoms with Gasteiger partial charge in [0, 0.05) is 0 Å². The van der Waals surface area contributed by atoms with Gasteiger partial charge in [0.15, 0.2) is 0 Å². The van der Waals surface area contributed by atoms with Crippen molar-refractivity contribution in [1.82, 2.24) is 0 Å². The molecule has 1 rings (SSSR count). The average Bonchev–Trinajstić information content (AvgIpc) is 2.29. The van der Waals surface area contributed by atoms with Crippen LogP contribution in [-0.2, 0) is 31.9 Å². The molecule has 1 aromatic rings. The first-order valence-electron chi connectivity index (χ1n) is 6.04. The van der Waals surface area contributed by atoms with Crippen molar-refractivity contribution in [2.24, 2.45) is 0 Å². The van der Waals surface area contributed by atoms with E-state index in [1.807, 2.05) is 24.3 Å². The number of rotatable bonds is 6. The van der Waals surface area contributed by atoms with Gasteiger partial charge in [0.25, 0.3) is 0 Å². The molecule has 0 fully saturated rings. The number of esters is 2. The van der Waals surface area contributed by atoms with Gasteiger partial charge in [-0.15, -0.1) is 0 Å². The maximum atomic E-state index is 11.3. The molecule has 0 radical (unpaired) electrons. The minimum absolute atomic E-state index is 0.227. The molecular weight excluding hydrogens is 232 g/mol. The van der Waals surface area contributed by atoms with Crippen LogP contribution in [0.4, 0.5) is 0 Å². The summed E-state index contributed by atoms with van der Waals surface area (Å²) < 4.78 is 9.75. The number of carbonyl (C=O) groups is 2. The molecule has 0 unspecified atom stereocenters. The van der Waals surface area contributed by atoms with Gasteiger partial charge in [0.1, 0.15) is 0 Å². The second kappa shape index (κ2) is 7.48. The van der Waals surface area contributed by atoms with Crippen LogP contribution in [0.2, 0.25) is 0 Å². The molecule has 18 heavy (non-hydrogen) atoms. The fraction of sp³-hybridized carbons (Fsp3) is 0.429. The topological polar surface area (TPSA) is 52.6 Å². The summed E-state index contributed by atoms with van der Waals surface area (Å²) in [6, 6.07) is 7.33. The van der Waals surface area contributed by atoms with Crippen LogP contribution in [0.1, 0.15) is 25.0 Å². The quantitative estimate of drug-likeness (QED) is 0.723. The zero-order valence-electron chi connectivity index (χ0n) is 10.8. The van der Waals surface area contributed by atoms with E-state index >= 15 is 0 Å². The summed E-state index contributed by atoms with van der Waals surface area (Å²) in [5, 5.41) is 0. The molecule has 0 aliphatic rings. The molecule has 0 spiro atoms. The van der Waals surface area contributed by atoms with Crippen molar-refractivity contribution in [2.45, 2.75) is 26.7 Å². The Morgan fingerprint density at radius 3 is 1.78 bits per heavy atom. The van der Waals surface area contributed by atoms with Crippen molar-refractivity contribution in [3.8, 4) is 0 Å². The minimum Gasteiger partial charge on any atom is -0.466 e. The first kappa shape index (κ1) is 14.2. The van der Waals surface area contributed by atoms with E-state index in [1.54, 1.807) is 13.8 Å². The minimum atomic E-state index is -0.259. The lowest BCUT2D eigenvalue weighted by Gasteiger charge is -2.05. The fourth-order valence-corrected chi connectivity index (χ4v) is 1.61. The standard InChI is InChI=1S/C14H18O4/c1-3-17-13(15)9-11-6-5-7-12(8-11)10-14(16)18-4-2/h5-8H,3-4,9-10H2,1-2H3. The predicted molar refractivity (Wildman–Crippen MR) is 67.1 cm³/mol. The third-order valence-corrected chi connectivity index (χ3v) is 2.30. The molecule has 0 aliphatic heterocycles. The van der Waals surface area contributed by atoms with Crippen molar-refractivity contribution >= 4 is 11.9 Å². The van der Waals surface area contributed by atoms with E-state index < -0.39 is 0 Å². The SMILES string of the molecule is CCOC(=O)Cc1cccc(CC(=O)OCC)c1. The molecule has 0 N–H and O–H groups in total. The highest BCUT2D eigenvalue weighted by atomic mass is 16.5. The van der Waals surface area contributed by atoms with Gasteiger partial charge in [0.2, 0.25) is 0 Å². The van der Waals surface area contributed by atoms with Crippen LogP contribution >= 0.6 is 0 Å². The highest BCUT2D eigenvalue weighted by molar-refractivity contribution is 5.74. The van der Waals surface area contributed by atoms with Crippen molar-refractivity contribution in [3.63, 3.8) is 0 Å². The van der Waals surface area contributed by atoms with Gasteiger partial charge in [-0.2, -0.15) is 0 Å². The number of ether oxygens (including phenoxy) is 2. The molecule has 4 nitrogen and oxygen atoms in total. The number of hydrogen-bond acceptors (Lipinski definition) is 4. The summed E-state index contributed by atoms with van der Waals surface area (Å²) in [5.41, 5.74) is 1.69. The van der Waals surface area contributed by atoms with E-state index in [1.165, 1.54) is 0 Å². The zero-order chi connectivity index (χ0) is 13.4. The summed E-state index contributed by atoms with van der Waals surface area (Å²) in [6.07, 6.45) is 0.453. The van der Waals surface area contributed by atoms with Crippen LogP contribution in [0, 0.1) is 0 Å². The Balaban J connectivity index is 2.61. The second-order valence-electron chi connectivity index (χ2n) is 3.78. The third-order valence-electron chi connectivity index (χ3n) is 2.30. The van der Waals surface area contributed by atoms with Crippen LogP contribution in [0.15, 0.2) is 24.3 Å². The van der Waals surface area contributed by atoms with E-state index in [2.05, 4.69) is 0 Å². The van der Waals surface area contributed by atoms with Crippen LogP contribution in [0.3, 0.4) is 0 Å².